The Labute approximate surface area is 124 Å². The normalized spacial score (nSPS) is 10.2. The number of aryl methyl sites for hydroxylation is 1. The molecule has 0 saturated carbocycles. The molecule has 1 aromatic carbocycles. The highest BCUT2D eigenvalue weighted by Gasteiger charge is 2.10. The highest BCUT2D eigenvalue weighted by molar-refractivity contribution is 5.25. The molecule has 20 heavy (non-hydrogen) atoms. The highest BCUT2D eigenvalue weighted by Crippen LogP contribution is 2.17. The van der Waals surface area contributed by atoms with E-state index in [4.69, 9.17) is 0 Å². The van der Waals surface area contributed by atoms with Crippen LogP contribution in [0.15, 0.2) is 48.8 Å². The first kappa shape index (κ1) is 16.4. The van der Waals surface area contributed by atoms with E-state index >= 15 is 0 Å². The molecule has 0 amide bonds. The highest BCUT2D eigenvalue weighted by atomic mass is 15.2. The lowest BCUT2D eigenvalue weighted by Gasteiger charge is -2.29. The van der Waals surface area contributed by atoms with Crippen LogP contribution < -0.4 is 0 Å². The lowest BCUT2D eigenvalue weighted by atomic mass is 10.1. The van der Waals surface area contributed by atoms with Crippen LogP contribution in [0.2, 0.25) is 0 Å². The van der Waals surface area contributed by atoms with Gasteiger partial charge < -0.3 is 9.80 Å². The Morgan fingerprint density at radius 3 is 2.10 bits per heavy atom. The smallest absolute Gasteiger partial charge is 0.0525 e. The first-order valence-corrected chi connectivity index (χ1v) is 7.31. The SMILES string of the molecule is C=C(C(=C)N(C)Cc1ccc(C)cc1)N(C)CCCC. The van der Waals surface area contributed by atoms with Crippen LogP contribution >= 0.6 is 0 Å². The minimum absolute atomic E-state index is 0.861. The third-order valence-corrected chi connectivity index (χ3v) is 3.64. The molecule has 0 aliphatic rings. The molecule has 0 fully saturated rings. The summed E-state index contributed by atoms with van der Waals surface area (Å²) in [5, 5.41) is 0. The molecule has 0 heterocycles. The third kappa shape index (κ3) is 4.76. The first-order valence-electron chi connectivity index (χ1n) is 7.31. The molecular weight excluding hydrogens is 244 g/mol. The van der Waals surface area contributed by atoms with Crippen LogP contribution in [0, 0.1) is 6.92 Å². The van der Waals surface area contributed by atoms with Gasteiger partial charge in [-0.05, 0) is 18.9 Å². The van der Waals surface area contributed by atoms with Gasteiger partial charge in [0.05, 0.1) is 11.4 Å². The molecule has 0 spiro atoms. The summed E-state index contributed by atoms with van der Waals surface area (Å²) in [7, 11) is 4.16. The minimum atomic E-state index is 0.861. The number of benzene rings is 1. The van der Waals surface area contributed by atoms with Crippen molar-refractivity contribution in [2.75, 3.05) is 20.6 Å². The quantitative estimate of drug-likeness (QED) is 0.655. The van der Waals surface area contributed by atoms with Gasteiger partial charge in [-0.25, -0.2) is 0 Å². The Hall–Kier alpha value is -1.70. The van der Waals surface area contributed by atoms with Crippen molar-refractivity contribution in [2.24, 2.45) is 0 Å². The third-order valence-electron chi connectivity index (χ3n) is 3.64. The van der Waals surface area contributed by atoms with Crippen molar-refractivity contribution in [1.82, 2.24) is 9.80 Å². The van der Waals surface area contributed by atoms with Crippen molar-refractivity contribution in [1.29, 1.82) is 0 Å². The van der Waals surface area contributed by atoms with Gasteiger partial charge in [0.15, 0.2) is 0 Å². The van der Waals surface area contributed by atoms with Crippen LogP contribution in [-0.2, 0) is 6.54 Å². The molecule has 110 valence electrons. The van der Waals surface area contributed by atoms with E-state index in [1.165, 1.54) is 24.0 Å². The zero-order valence-corrected chi connectivity index (χ0v) is 13.4. The first-order chi connectivity index (χ1) is 9.45. The Morgan fingerprint density at radius 2 is 1.55 bits per heavy atom. The fourth-order valence-electron chi connectivity index (χ4n) is 2.03. The van der Waals surface area contributed by atoms with Gasteiger partial charge in [-0.1, -0.05) is 56.3 Å². The molecule has 1 aromatic rings. The summed E-state index contributed by atoms with van der Waals surface area (Å²) < 4.78 is 0. The van der Waals surface area contributed by atoms with Gasteiger partial charge in [-0.3, -0.25) is 0 Å². The van der Waals surface area contributed by atoms with E-state index in [1.54, 1.807) is 0 Å². The maximum atomic E-state index is 4.18. The average molecular weight is 272 g/mol. The lowest BCUT2D eigenvalue weighted by molar-refractivity contribution is 0.355. The molecule has 0 radical (unpaired) electrons. The molecule has 0 unspecified atom stereocenters. The average Bonchev–Trinajstić information content (AvgIpc) is 2.45. The second-order valence-electron chi connectivity index (χ2n) is 5.51. The van der Waals surface area contributed by atoms with Crippen LogP contribution in [0.1, 0.15) is 30.9 Å². The van der Waals surface area contributed by atoms with E-state index in [0.717, 1.165) is 24.5 Å². The van der Waals surface area contributed by atoms with Crippen LogP contribution in [0.4, 0.5) is 0 Å². The molecule has 0 atom stereocenters. The van der Waals surface area contributed by atoms with Crippen molar-refractivity contribution in [3.63, 3.8) is 0 Å². The van der Waals surface area contributed by atoms with E-state index in [1.807, 2.05) is 0 Å². The Morgan fingerprint density at radius 1 is 1.00 bits per heavy atom. The number of hydrogen-bond acceptors (Lipinski definition) is 2. The van der Waals surface area contributed by atoms with E-state index < -0.39 is 0 Å². The number of unbranched alkanes of at least 4 members (excludes halogenated alkanes) is 1. The molecule has 2 nitrogen and oxygen atoms in total. The van der Waals surface area contributed by atoms with Gasteiger partial charge in [-0.2, -0.15) is 0 Å². The molecular formula is C18H28N2. The predicted molar refractivity (Wildman–Crippen MR) is 88.5 cm³/mol. The number of likely N-dealkylation sites (N-methyl/N-ethyl adjacent to an activating group) is 2. The molecule has 2 heteroatoms. The second kappa shape index (κ2) is 7.78. The monoisotopic (exact) mass is 272 g/mol. The van der Waals surface area contributed by atoms with Crippen LogP contribution in [0.25, 0.3) is 0 Å². The van der Waals surface area contributed by atoms with Gasteiger partial charge in [0.25, 0.3) is 0 Å². The predicted octanol–water partition coefficient (Wildman–Crippen LogP) is 4.19. The summed E-state index contributed by atoms with van der Waals surface area (Å²) in [6.07, 6.45) is 2.38. The zero-order chi connectivity index (χ0) is 15.1. The van der Waals surface area contributed by atoms with E-state index in [-0.39, 0.29) is 0 Å². The molecule has 0 aromatic heterocycles. The Kier molecular flexibility index (Phi) is 6.37. The maximum Gasteiger partial charge on any atom is 0.0525 e. The number of hydrogen-bond donors (Lipinski definition) is 0. The van der Waals surface area contributed by atoms with Gasteiger partial charge in [0.1, 0.15) is 0 Å². The standard InChI is InChI=1S/C18H28N2/c1-7-8-13-19(5)16(3)17(4)20(6)14-18-11-9-15(2)10-12-18/h9-12H,3-4,7-8,13-14H2,1-2,5-6H3. The molecule has 0 bridgehead atoms. The van der Waals surface area contributed by atoms with Gasteiger partial charge in [0.2, 0.25) is 0 Å². The minimum Gasteiger partial charge on any atom is -0.373 e. The summed E-state index contributed by atoms with van der Waals surface area (Å²) >= 11 is 0. The van der Waals surface area contributed by atoms with Crippen LogP contribution in [-0.4, -0.2) is 30.4 Å². The summed E-state index contributed by atoms with van der Waals surface area (Å²) in [5.74, 6) is 0. The van der Waals surface area contributed by atoms with Gasteiger partial charge >= 0.3 is 0 Å². The topological polar surface area (TPSA) is 6.48 Å². The van der Waals surface area contributed by atoms with Crippen molar-refractivity contribution in [3.05, 3.63) is 59.9 Å². The second-order valence-corrected chi connectivity index (χ2v) is 5.51. The largest absolute Gasteiger partial charge is 0.373 e. The van der Waals surface area contributed by atoms with Gasteiger partial charge in [-0.15, -0.1) is 0 Å². The summed E-state index contributed by atoms with van der Waals surface area (Å²) in [6.45, 7) is 14.6. The molecule has 0 N–H and O–H groups in total. The maximum absolute atomic E-state index is 4.18. The number of nitrogens with zero attached hydrogens (tertiary/aromatic N) is 2. The summed E-state index contributed by atoms with van der Waals surface area (Å²) in [4.78, 5) is 4.35. The fraction of sp³-hybridized carbons (Fsp3) is 0.444. The van der Waals surface area contributed by atoms with Crippen LogP contribution in [0.3, 0.4) is 0 Å². The van der Waals surface area contributed by atoms with E-state index in [0.29, 0.717) is 0 Å². The molecule has 0 aliphatic heterocycles. The summed E-state index contributed by atoms with van der Waals surface area (Å²) in [6, 6.07) is 8.63. The van der Waals surface area contributed by atoms with Crippen molar-refractivity contribution < 1.29 is 0 Å². The van der Waals surface area contributed by atoms with Crippen molar-refractivity contribution >= 4 is 0 Å². The Balaban J connectivity index is 2.57. The fourth-order valence-corrected chi connectivity index (χ4v) is 2.03. The molecule has 0 aliphatic carbocycles. The zero-order valence-electron chi connectivity index (χ0n) is 13.4. The number of rotatable bonds is 8. The molecule has 1 rings (SSSR count). The van der Waals surface area contributed by atoms with Crippen molar-refractivity contribution in [3.8, 4) is 0 Å². The van der Waals surface area contributed by atoms with E-state index in [9.17, 15) is 0 Å². The molecule has 0 saturated heterocycles. The Bertz CT molecular complexity index is 445. The van der Waals surface area contributed by atoms with Gasteiger partial charge in [0, 0.05) is 27.2 Å². The van der Waals surface area contributed by atoms with Crippen molar-refractivity contribution in [2.45, 2.75) is 33.2 Å². The lowest BCUT2D eigenvalue weighted by Crippen LogP contribution is -2.26. The van der Waals surface area contributed by atoms with E-state index in [2.05, 4.69) is 75.2 Å². The summed E-state index contributed by atoms with van der Waals surface area (Å²) in [5.41, 5.74) is 4.58. The van der Waals surface area contributed by atoms with Crippen LogP contribution in [0.5, 0.6) is 0 Å².